The van der Waals surface area contributed by atoms with Crippen LogP contribution in [0.1, 0.15) is 22.3 Å². The number of aromatic nitrogens is 4. The Morgan fingerprint density at radius 3 is 2.34 bits per heavy atom. The number of nitrogens with zero attached hydrogens (tertiary/aromatic N) is 4. The van der Waals surface area contributed by atoms with Crippen LogP contribution in [0.5, 0.6) is 0 Å². The Hall–Kier alpha value is -3.55. The van der Waals surface area contributed by atoms with Crippen molar-refractivity contribution >= 4 is 17.5 Å². The second-order valence-corrected chi connectivity index (χ2v) is 7.06. The first kappa shape index (κ1) is 20.2. The average Bonchev–Trinajstić information content (AvgIpc) is 3.11. The summed E-state index contributed by atoms with van der Waals surface area (Å²) in [4.78, 5) is 25.6. The maximum atomic E-state index is 12.2. The van der Waals surface area contributed by atoms with Gasteiger partial charge in [-0.25, -0.2) is 0 Å². The molecule has 2 aromatic carbocycles. The molecule has 2 N–H and O–H groups in total. The predicted octanol–water partition coefficient (Wildman–Crippen LogP) is 2.33. The van der Waals surface area contributed by atoms with Gasteiger partial charge < -0.3 is 10.6 Å². The number of amides is 2. The highest BCUT2D eigenvalue weighted by molar-refractivity contribution is 5.95. The average molecular weight is 392 g/mol. The molecular formula is C21H24N6O2. The van der Waals surface area contributed by atoms with Crippen molar-refractivity contribution in [2.24, 2.45) is 0 Å². The summed E-state index contributed by atoms with van der Waals surface area (Å²) in [6, 6.07) is 11.7. The standard InChI is InChI=1S/C21H24N6O2/c1-13-9-15(3)20(16(4)10-13)23-18(28)11-22-19(29)12-27-25-21(24-26-27)17-8-6-5-7-14(17)2/h5-10H,11-12H2,1-4H3,(H,22,29)(H,23,28). The lowest BCUT2D eigenvalue weighted by atomic mass is 10.1. The molecule has 0 fully saturated rings. The summed E-state index contributed by atoms with van der Waals surface area (Å²) >= 11 is 0. The molecule has 3 aromatic rings. The first-order chi connectivity index (χ1) is 13.8. The molecular weight excluding hydrogens is 368 g/mol. The van der Waals surface area contributed by atoms with Gasteiger partial charge in [-0.3, -0.25) is 9.59 Å². The van der Waals surface area contributed by atoms with Crippen LogP contribution in [-0.2, 0) is 16.1 Å². The molecule has 8 heteroatoms. The Labute approximate surface area is 169 Å². The van der Waals surface area contributed by atoms with Crippen LogP contribution in [-0.4, -0.2) is 38.6 Å². The largest absolute Gasteiger partial charge is 0.345 e. The molecule has 0 atom stereocenters. The minimum absolute atomic E-state index is 0.116. The first-order valence-electron chi connectivity index (χ1n) is 9.31. The number of anilines is 1. The second-order valence-electron chi connectivity index (χ2n) is 7.06. The molecule has 0 spiro atoms. The number of benzene rings is 2. The number of carbonyl (C=O) groups excluding carboxylic acids is 2. The molecule has 29 heavy (non-hydrogen) atoms. The minimum atomic E-state index is -0.369. The zero-order valence-corrected chi connectivity index (χ0v) is 17.0. The van der Waals surface area contributed by atoms with Crippen LogP contribution in [0.15, 0.2) is 36.4 Å². The van der Waals surface area contributed by atoms with Crippen LogP contribution in [0.2, 0.25) is 0 Å². The third kappa shape index (κ3) is 5.04. The first-order valence-corrected chi connectivity index (χ1v) is 9.31. The lowest BCUT2D eigenvalue weighted by Gasteiger charge is -2.13. The predicted molar refractivity (Wildman–Crippen MR) is 110 cm³/mol. The van der Waals surface area contributed by atoms with Crippen LogP contribution in [0, 0.1) is 27.7 Å². The van der Waals surface area contributed by atoms with Gasteiger partial charge >= 0.3 is 0 Å². The van der Waals surface area contributed by atoms with E-state index in [2.05, 4.69) is 26.0 Å². The van der Waals surface area contributed by atoms with Gasteiger partial charge in [-0.2, -0.15) is 4.80 Å². The van der Waals surface area contributed by atoms with E-state index in [1.165, 1.54) is 4.80 Å². The number of carbonyl (C=O) groups is 2. The quantitative estimate of drug-likeness (QED) is 0.670. The van der Waals surface area contributed by atoms with Crippen LogP contribution in [0.25, 0.3) is 11.4 Å². The van der Waals surface area contributed by atoms with Crippen molar-refractivity contribution < 1.29 is 9.59 Å². The Balaban J connectivity index is 1.54. The molecule has 0 radical (unpaired) electrons. The van der Waals surface area contributed by atoms with E-state index >= 15 is 0 Å². The molecule has 1 aromatic heterocycles. The molecule has 2 amide bonds. The fourth-order valence-corrected chi connectivity index (χ4v) is 3.17. The van der Waals surface area contributed by atoms with Gasteiger partial charge in [-0.1, -0.05) is 42.0 Å². The number of hydrogen-bond acceptors (Lipinski definition) is 5. The van der Waals surface area contributed by atoms with Crippen molar-refractivity contribution in [3.8, 4) is 11.4 Å². The lowest BCUT2D eigenvalue weighted by molar-refractivity contribution is -0.124. The van der Waals surface area contributed by atoms with Crippen LogP contribution in [0.3, 0.4) is 0 Å². The van der Waals surface area contributed by atoms with Crippen LogP contribution >= 0.6 is 0 Å². The summed E-state index contributed by atoms with van der Waals surface area (Å²) in [6.45, 7) is 7.60. The van der Waals surface area contributed by atoms with Gasteiger partial charge in [0, 0.05) is 11.3 Å². The fraction of sp³-hybridized carbons (Fsp3) is 0.286. The number of hydrogen-bond donors (Lipinski definition) is 2. The van der Waals surface area contributed by atoms with E-state index in [9.17, 15) is 9.59 Å². The number of aryl methyl sites for hydroxylation is 4. The topological polar surface area (TPSA) is 102 Å². The Bertz CT molecular complexity index is 1030. The van der Waals surface area contributed by atoms with Crippen molar-refractivity contribution in [2.75, 3.05) is 11.9 Å². The van der Waals surface area contributed by atoms with E-state index in [0.29, 0.717) is 5.82 Å². The highest BCUT2D eigenvalue weighted by atomic mass is 16.2. The number of rotatable bonds is 6. The van der Waals surface area contributed by atoms with E-state index < -0.39 is 0 Å². The third-order valence-corrected chi connectivity index (χ3v) is 4.51. The summed E-state index contributed by atoms with van der Waals surface area (Å²) in [5.41, 5.74) is 5.76. The van der Waals surface area contributed by atoms with E-state index in [1.807, 2.05) is 64.1 Å². The third-order valence-electron chi connectivity index (χ3n) is 4.51. The van der Waals surface area contributed by atoms with Gasteiger partial charge in [0.25, 0.3) is 0 Å². The van der Waals surface area contributed by atoms with Crippen molar-refractivity contribution in [1.29, 1.82) is 0 Å². The molecule has 0 aliphatic rings. The normalized spacial score (nSPS) is 10.6. The van der Waals surface area contributed by atoms with Gasteiger partial charge in [-0.15, -0.1) is 10.2 Å². The van der Waals surface area contributed by atoms with Gasteiger partial charge in [0.2, 0.25) is 17.6 Å². The zero-order valence-electron chi connectivity index (χ0n) is 17.0. The van der Waals surface area contributed by atoms with Gasteiger partial charge in [0.05, 0.1) is 6.54 Å². The van der Waals surface area contributed by atoms with Gasteiger partial charge in [-0.05, 0) is 49.6 Å². The van der Waals surface area contributed by atoms with E-state index in [1.54, 1.807) is 0 Å². The summed E-state index contributed by atoms with van der Waals surface area (Å²) in [5, 5.41) is 17.6. The molecule has 8 nitrogen and oxygen atoms in total. The van der Waals surface area contributed by atoms with Crippen molar-refractivity contribution in [3.63, 3.8) is 0 Å². The Kier molecular flexibility index (Phi) is 6.01. The van der Waals surface area contributed by atoms with Crippen molar-refractivity contribution in [1.82, 2.24) is 25.5 Å². The van der Waals surface area contributed by atoms with E-state index in [0.717, 1.165) is 33.5 Å². The highest BCUT2D eigenvalue weighted by Gasteiger charge is 2.13. The van der Waals surface area contributed by atoms with E-state index in [-0.39, 0.29) is 24.9 Å². The Morgan fingerprint density at radius 1 is 0.966 bits per heavy atom. The van der Waals surface area contributed by atoms with Crippen LogP contribution in [0.4, 0.5) is 5.69 Å². The van der Waals surface area contributed by atoms with Gasteiger partial charge in [0.15, 0.2) is 0 Å². The molecule has 150 valence electrons. The summed E-state index contributed by atoms with van der Waals surface area (Å²) in [5.74, 6) is -0.203. The Morgan fingerprint density at radius 2 is 1.66 bits per heavy atom. The molecule has 0 saturated carbocycles. The summed E-state index contributed by atoms with van der Waals surface area (Å²) in [7, 11) is 0. The lowest BCUT2D eigenvalue weighted by Crippen LogP contribution is -2.35. The van der Waals surface area contributed by atoms with Crippen molar-refractivity contribution in [3.05, 3.63) is 58.7 Å². The van der Waals surface area contributed by atoms with Crippen LogP contribution < -0.4 is 10.6 Å². The number of tetrazole rings is 1. The smallest absolute Gasteiger partial charge is 0.244 e. The van der Waals surface area contributed by atoms with Gasteiger partial charge in [0.1, 0.15) is 6.54 Å². The number of nitrogens with one attached hydrogen (secondary N) is 2. The molecule has 0 saturated heterocycles. The molecule has 0 aliphatic carbocycles. The van der Waals surface area contributed by atoms with Crippen molar-refractivity contribution in [2.45, 2.75) is 34.2 Å². The highest BCUT2D eigenvalue weighted by Crippen LogP contribution is 2.21. The summed E-state index contributed by atoms with van der Waals surface area (Å²) in [6.07, 6.45) is 0. The zero-order chi connectivity index (χ0) is 21.0. The molecule has 0 bridgehead atoms. The van der Waals surface area contributed by atoms with E-state index in [4.69, 9.17) is 0 Å². The second kappa shape index (κ2) is 8.64. The summed E-state index contributed by atoms with van der Waals surface area (Å²) < 4.78 is 0. The maximum Gasteiger partial charge on any atom is 0.244 e. The molecule has 0 aliphatic heterocycles. The SMILES string of the molecule is Cc1cc(C)c(NC(=O)CNC(=O)Cn2nnc(-c3ccccc3C)n2)c(C)c1. The molecule has 0 unspecified atom stereocenters. The minimum Gasteiger partial charge on any atom is -0.345 e. The molecule has 3 rings (SSSR count). The fourth-order valence-electron chi connectivity index (χ4n) is 3.17. The molecule has 1 heterocycles. The monoisotopic (exact) mass is 392 g/mol. The maximum absolute atomic E-state index is 12.2.